The van der Waals surface area contributed by atoms with Crippen molar-refractivity contribution in [3.8, 4) is 0 Å². The molecular weight excluding hydrogens is 214 g/mol. The van der Waals surface area contributed by atoms with E-state index >= 15 is 0 Å². The third-order valence-electron chi connectivity index (χ3n) is 3.19. The van der Waals surface area contributed by atoms with Crippen molar-refractivity contribution in [1.29, 1.82) is 0 Å². The van der Waals surface area contributed by atoms with Gasteiger partial charge >= 0.3 is 0 Å². The van der Waals surface area contributed by atoms with Gasteiger partial charge < -0.3 is 9.88 Å². The minimum Gasteiger partial charge on any atom is -0.314 e. The van der Waals surface area contributed by atoms with E-state index in [0.717, 1.165) is 26.2 Å². The summed E-state index contributed by atoms with van der Waals surface area (Å²) < 4.78 is 1.78. The molecule has 2 atom stereocenters. The fourth-order valence-electron chi connectivity index (χ4n) is 2.52. The van der Waals surface area contributed by atoms with Crippen molar-refractivity contribution in [2.45, 2.75) is 32.5 Å². The molecule has 1 aromatic heterocycles. The summed E-state index contributed by atoms with van der Waals surface area (Å²) in [5.74, 6) is 0. The average molecular weight is 235 g/mol. The number of hydrogen-bond donors (Lipinski definition) is 1. The van der Waals surface area contributed by atoms with Crippen molar-refractivity contribution in [3.63, 3.8) is 0 Å². The van der Waals surface area contributed by atoms with Crippen LogP contribution in [0.25, 0.3) is 0 Å². The van der Waals surface area contributed by atoms with Crippen LogP contribution >= 0.6 is 0 Å². The van der Waals surface area contributed by atoms with Gasteiger partial charge in [-0.2, -0.15) is 0 Å². The van der Waals surface area contributed by atoms with Crippen LogP contribution in [0.15, 0.2) is 29.2 Å². The molecule has 17 heavy (non-hydrogen) atoms. The smallest absolute Gasteiger partial charge is 0.250 e. The lowest BCUT2D eigenvalue weighted by molar-refractivity contribution is 0.168. The molecule has 4 nitrogen and oxygen atoms in total. The van der Waals surface area contributed by atoms with Crippen LogP contribution in [0.1, 0.15) is 13.8 Å². The van der Waals surface area contributed by atoms with Crippen molar-refractivity contribution in [3.05, 3.63) is 34.7 Å². The normalized spacial score (nSPS) is 26.0. The van der Waals surface area contributed by atoms with Gasteiger partial charge in [0.25, 0.3) is 5.56 Å². The fraction of sp³-hybridized carbons (Fsp3) is 0.615. The largest absolute Gasteiger partial charge is 0.314 e. The first-order chi connectivity index (χ1) is 8.15. The molecule has 0 spiro atoms. The van der Waals surface area contributed by atoms with Crippen LogP contribution in [0, 0.1) is 0 Å². The van der Waals surface area contributed by atoms with Crippen LogP contribution in [0.4, 0.5) is 0 Å². The summed E-state index contributed by atoms with van der Waals surface area (Å²) in [6, 6.07) is 6.37. The van der Waals surface area contributed by atoms with Crippen LogP contribution in [-0.4, -0.2) is 41.2 Å². The molecule has 0 aromatic carbocycles. The zero-order valence-corrected chi connectivity index (χ0v) is 10.6. The molecule has 2 heterocycles. The van der Waals surface area contributed by atoms with E-state index < -0.39 is 0 Å². The Hall–Kier alpha value is -1.13. The molecular formula is C13H21N3O. The molecule has 0 aliphatic carbocycles. The number of rotatable bonds is 3. The summed E-state index contributed by atoms with van der Waals surface area (Å²) in [5, 5.41) is 3.51. The van der Waals surface area contributed by atoms with Gasteiger partial charge in [0.15, 0.2) is 0 Å². The van der Waals surface area contributed by atoms with Crippen molar-refractivity contribution in [2.75, 3.05) is 19.6 Å². The Morgan fingerprint density at radius 2 is 1.94 bits per heavy atom. The minimum absolute atomic E-state index is 0.0868. The van der Waals surface area contributed by atoms with E-state index in [1.165, 1.54) is 0 Å². The number of piperazine rings is 1. The summed E-state index contributed by atoms with van der Waals surface area (Å²) in [6.07, 6.45) is 1.86. The summed E-state index contributed by atoms with van der Waals surface area (Å²) >= 11 is 0. The molecule has 1 N–H and O–H groups in total. The lowest BCUT2D eigenvalue weighted by Gasteiger charge is -2.36. The zero-order chi connectivity index (χ0) is 12.3. The van der Waals surface area contributed by atoms with Gasteiger partial charge in [-0.25, -0.2) is 0 Å². The maximum Gasteiger partial charge on any atom is 0.250 e. The summed E-state index contributed by atoms with van der Waals surface area (Å²) in [7, 11) is 0. The first-order valence-electron chi connectivity index (χ1n) is 6.29. The molecule has 1 fully saturated rings. The third-order valence-corrected chi connectivity index (χ3v) is 3.19. The lowest BCUT2D eigenvalue weighted by atomic mass is 10.1. The van der Waals surface area contributed by atoms with Crippen LogP contribution in [-0.2, 0) is 6.54 Å². The van der Waals surface area contributed by atoms with Gasteiger partial charge in [0.1, 0.15) is 0 Å². The highest BCUT2D eigenvalue weighted by atomic mass is 16.1. The van der Waals surface area contributed by atoms with E-state index in [-0.39, 0.29) is 5.56 Å². The Morgan fingerprint density at radius 1 is 1.24 bits per heavy atom. The van der Waals surface area contributed by atoms with E-state index in [0.29, 0.717) is 12.1 Å². The maximum absolute atomic E-state index is 11.6. The first kappa shape index (κ1) is 12.3. The van der Waals surface area contributed by atoms with Crippen molar-refractivity contribution in [1.82, 2.24) is 14.8 Å². The van der Waals surface area contributed by atoms with Gasteiger partial charge in [-0.05, 0) is 19.9 Å². The van der Waals surface area contributed by atoms with Crippen LogP contribution in [0.2, 0.25) is 0 Å². The van der Waals surface area contributed by atoms with E-state index in [4.69, 9.17) is 0 Å². The molecule has 1 saturated heterocycles. The zero-order valence-electron chi connectivity index (χ0n) is 10.6. The third kappa shape index (κ3) is 3.41. The fourth-order valence-corrected chi connectivity index (χ4v) is 2.52. The van der Waals surface area contributed by atoms with Crippen molar-refractivity contribution < 1.29 is 0 Å². The molecule has 94 valence electrons. The van der Waals surface area contributed by atoms with E-state index in [1.807, 2.05) is 12.3 Å². The highest BCUT2D eigenvalue weighted by molar-refractivity contribution is 4.93. The predicted molar refractivity (Wildman–Crippen MR) is 69.2 cm³/mol. The SMILES string of the molecule is CC1CN(CCn2ccccc2=O)CC(C)N1. The first-order valence-corrected chi connectivity index (χ1v) is 6.29. The standard InChI is InChI=1S/C13H21N3O/c1-11-9-15(10-12(2)14-11)7-8-16-6-4-3-5-13(16)17/h3-6,11-12,14H,7-10H2,1-2H3. The molecule has 1 aliphatic heterocycles. The Balaban J connectivity index is 1.90. The number of pyridine rings is 1. The predicted octanol–water partition coefficient (Wildman–Crippen LogP) is 0.531. The summed E-state index contributed by atoms with van der Waals surface area (Å²) in [6.45, 7) is 8.26. The number of nitrogens with one attached hydrogen (secondary N) is 1. The van der Waals surface area contributed by atoms with Crippen LogP contribution < -0.4 is 10.9 Å². The Labute approximate surface area is 102 Å². The molecule has 0 saturated carbocycles. The summed E-state index contributed by atoms with van der Waals surface area (Å²) in [5.41, 5.74) is 0.0868. The quantitative estimate of drug-likeness (QED) is 0.830. The second-order valence-corrected chi connectivity index (χ2v) is 4.96. The topological polar surface area (TPSA) is 37.3 Å². The van der Waals surface area contributed by atoms with Gasteiger partial charge in [0.2, 0.25) is 0 Å². The second kappa shape index (κ2) is 5.47. The van der Waals surface area contributed by atoms with E-state index in [1.54, 1.807) is 16.7 Å². The van der Waals surface area contributed by atoms with E-state index in [2.05, 4.69) is 24.1 Å². The Kier molecular flexibility index (Phi) is 3.97. The molecule has 1 aromatic rings. The summed E-state index contributed by atoms with van der Waals surface area (Å²) in [4.78, 5) is 14.0. The van der Waals surface area contributed by atoms with Gasteiger partial charge in [-0.15, -0.1) is 0 Å². The molecule has 4 heteroatoms. The number of hydrogen-bond acceptors (Lipinski definition) is 3. The van der Waals surface area contributed by atoms with Gasteiger partial charge in [0, 0.05) is 50.5 Å². The van der Waals surface area contributed by atoms with Gasteiger partial charge in [0.05, 0.1) is 0 Å². The number of nitrogens with zero attached hydrogens (tertiary/aromatic N) is 2. The highest BCUT2D eigenvalue weighted by Crippen LogP contribution is 2.03. The van der Waals surface area contributed by atoms with Crippen molar-refractivity contribution >= 4 is 0 Å². The monoisotopic (exact) mass is 235 g/mol. The Morgan fingerprint density at radius 3 is 2.59 bits per heavy atom. The molecule has 0 radical (unpaired) electrons. The minimum atomic E-state index is 0.0868. The second-order valence-electron chi connectivity index (χ2n) is 4.96. The van der Waals surface area contributed by atoms with Crippen LogP contribution in [0.5, 0.6) is 0 Å². The molecule has 2 unspecified atom stereocenters. The maximum atomic E-state index is 11.6. The molecule has 0 amide bonds. The van der Waals surface area contributed by atoms with Gasteiger partial charge in [-0.3, -0.25) is 9.69 Å². The average Bonchev–Trinajstić information content (AvgIpc) is 2.27. The van der Waals surface area contributed by atoms with E-state index in [9.17, 15) is 4.79 Å². The number of aromatic nitrogens is 1. The Bertz CT molecular complexity index is 405. The lowest BCUT2D eigenvalue weighted by Crippen LogP contribution is -2.54. The molecule has 1 aliphatic rings. The van der Waals surface area contributed by atoms with Crippen molar-refractivity contribution in [2.24, 2.45) is 0 Å². The van der Waals surface area contributed by atoms with Crippen LogP contribution in [0.3, 0.4) is 0 Å². The molecule has 0 bridgehead atoms. The highest BCUT2D eigenvalue weighted by Gasteiger charge is 2.20. The molecule has 2 rings (SSSR count). The van der Waals surface area contributed by atoms with Gasteiger partial charge in [-0.1, -0.05) is 6.07 Å².